The summed E-state index contributed by atoms with van der Waals surface area (Å²) in [6, 6.07) is 6.67. The number of nitrogens with two attached hydrogens (primary N) is 1. The van der Waals surface area contributed by atoms with Crippen molar-refractivity contribution in [3.05, 3.63) is 40.6 Å². The van der Waals surface area contributed by atoms with E-state index in [9.17, 15) is 8.42 Å². The molecular weight excluding hydrogens is 268 g/mol. The van der Waals surface area contributed by atoms with Gasteiger partial charge >= 0.3 is 0 Å². The second kappa shape index (κ2) is 4.99. The molecule has 1 aromatic heterocycles. The Bertz CT molecular complexity index is 634. The summed E-state index contributed by atoms with van der Waals surface area (Å²) in [6.45, 7) is 1.91. The van der Waals surface area contributed by atoms with Crippen molar-refractivity contribution in [1.29, 1.82) is 0 Å². The molecule has 1 aromatic carbocycles. The molecule has 0 unspecified atom stereocenters. The Balaban J connectivity index is 2.43. The minimum Gasteiger partial charge on any atom is -0.399 e. The number of nitrogen functional groups attached to an aromatic ring is 1. The van der Waals surface area contributed by atoms with Crippen molar-refractivity contribution in [2.24, 2.45) is 0 Å². The largest absolute Gasteiger partial charge is 0.399 e. The Hall–Kier alpha value is -1.53. The third-order valence-electron chi connectivity index (χ3n) is 2.54. The summed E-state index contributed by atoms with van der Waals surface area (Å²) in [5, 5.41) is 3.56. The van der Waals surface area contributed by atoms with Crippen LogP contribution in [0.5, 0.6) is 0 Å². The van der Waals surface area contributed by atoms with Crippen LogP contribution in [-0.4, -0.2) is 8.42 Å². The third kappa shape index (κ3) is 2.65. The fourth-order valence-electron chi connectivity index (χ4n) is 1.65. The lowest BCUT2D eigenvalue weighted by Crippen LogP contribution is -2.14. The molecule has 2 aromatic rings. The molecule has 0 radical (unpaired) electrons. The SMILES string of the molecule is CCc1ccc(N)cc1S(=O)(=O)Nc1ccsc1. The molecule has 3 N–H and O–H groups in total. The summed E-state index contributed by atoms with van der Waals surface area (Å²) in [5.41, 5.74) is 7.43. The van der Waals surface area contributed by atoms with Crippen LogP contribution in [0.25, 0.3) is 0 Å². The molecule has 6 heteroatoms. The maximum absolute atomic E-state index is 12.3. The second-order valence-electron chi connectivity index (χ2n) is 3.84. The molecule has 0 saturated heterocycles. The van der Waals surface area contributed by atoms with Gasteiger partial charge in [-0.25, -0.2) is 8.42 Å². The number of nitrogens with one attached hydrogen (secondary N) is 1. The van der Waals surface area contributed by atoms with Gasteiger partial charge in [-0.05, 0) is 35.6 Å². The third-order valence-corrected chi connectivity index (χ3v) is 4.68. The van der Waals surface area contributed by atoms with Crippen molar-refractivity contribution in [1.82, 2.24) is 0 Å². The summed E-state index contributed by atoms with van der Waals surface area (Å²) >= 11 is 1.44. The van der Waals surface area contributed by atoms with Gasteiger partial charge in [-0.2, -0.15) is 11.3 Å². The zero-order valence-electron chi connectivity index (χ0n) is 9.88. The fraction of sp³-hybridized carbons (Fsp3) is 0.167. The minimum atomic E-state index is -3.57. The molecule has 0 amide bonds. The molecule has 1 heterocycles. The van der Waals surface area contributed by atoms with Gasteiger partial charge in [0, 0.05) is 11.1 Å². The van der Waals surface area contributed by atoms with Crippen molar-refractivity contribution in [2.75, 3.05) is 10.5 Å². The second-order valence-corrected chi connectivity index (χ2v) is 6.27. The fourth-order valence-corrected chi connectivity index (χ4v) is 3.70. The maximum atomic E-state index is 12.3. The number of hydrogen-bond acceptors (Lipinski definition) is 4. The number of anilines is 2. The van der Waals surface area contributed by atoms with Gasteiger partial charge in [0.05, 0.1) is 10.6 Å². The van der Waals surface area contributed by atoms with Crippen molar-refractivity contribution >= 4 is 32.7 Å². The van der Waals surface area contributed by atoms with E-state index in [0.717, 1.165) is 5.56 Å². The van der Waals surface area contributed by atoms with Crippen LogP contribution in [0.2, 0.25) is 0 Å². The number of sulfonamides is 1. The van der Waals surface area contributed by atoms with Crippen LogP contribution < -0.4 is 10.5 Å². The predicted octanol–water partition coefficient (Wildman–Crippen LogP) is 2.69. The summed E-state index contributed by atoms with van der Waals surface area (Å²) in [4.78, 5) is 0.246. The molecule has 0 aliphatic heterocycles. The molecule has 0 spiro atoms. The molecule has 96 valence electrons. The summed E-state index contributed by atoms with van der Waals surface area (Å²) in [7, 11) is -3.57. The van der Waals surface area contributed by atoms with Crippen molar-refractivity contribution in [3.8, 4) is 0 Å². The summed E-state index contributed by atoms with van der Waals surface area (Å²) < 4.78 is 27.1. The first-order valence-corrected chi connectivity index (χ1v) is 7.89. The van der Waals surface area contributed by atoms with Crippen LogP contribution in [0.1, 0.15) is 12.5 Å². The first-order chi connectivity index (χ1) is 8.53. The van der Waals surface area contributed by atoms with E-state index in [1.807, 2.05) is 12.3 Å². The highest BCUT2D eigenvalue weighted by molar-refractivity contribution is 7.92. The van der Waals surface area contributed by atoms with Crippen LogP contribution in [-0.2, 0) is 16.4 Å². The van der Waals surface area contributed by atoms with Crippen LogP contribution in [0, 0.1) is 0 Å². The lowest BCUT2D eigenvalue weighted by atomic mass is 10.1. The van der Waals surface area contributed by atoms with Crippen LogP contribution in [0.15, 0.2) is 39.9 Å². The predicted molar refractivity (Wildman–Crippen MR) is 75.4 cm³/mol. The maximum Gasteiger partial charge on any atom is 0.262 e. The molecule has 0 bridgehead atoms. The van der Waals surface area contributed by atoms with E-state index in [-0.39, 0.29) is 4.90 Å². The van der Waals surface area contributed by atoms with E-state index in [4.69, 9.17) is 5.73 Å². The molecular formula is C12H14N2O2S2. The molecule has 4 nitrogen and oxygen atoms in total. The van der Waals surface area contributed by atoms with E-state index in [0.29, 0.717) is 17.8 Å². The van der Waals surface area contributed by atoms with Gasteiger partial charge in [0.25, 0.3) is 10.0 Å². The van der Waals surface area contributed by atoms with E-state index in [1.54, 1.807) is 23.6 Å². The molecule has 18 heavy (non-hydrogen) atoms. The normalized spacial score (nSPS) is 11.4. The van der Waals surface area contributed by atoms with Gasteiger partial charge in [0.2, 0.25) is 0 Å². The molecule has 0 saturated carbocycles. The Morgan fingerprint density at radius 1 is 1.33 bits per heavy atom. The van der Waals surface area contributed by atoms with E-state index >= 15 is 0 Å². The van der Waals surface area contributed by atoms with Crippen LogP contribution in [0.4, 0.5) is 11.4 Å². The molecule has 2 rings (SSSR count). The van der Waals surface area contributed by atoms with Crippen molar-refractivity contribution in [2.45, 2.75) is 18.2 Å². The highest BCUT2D eigenvalue weighted by Crippen LogP contribution is 2.23. The van der Waals surface area contributed by atoms with Gasteiger partial charge in [-0.3, -0.25) is 4.72 Å². The highest BCUT2D eigenvalue weighted by atomic mass is 32.2. The Labute approximate surface area is 111 Å². The van der Waals surface area contributed by atoms with Gasteiger partial charge in [0.1, 0.15) is 0 Å². The Morgan fingerprint density at radius 3 is 2.72 bits per heavy atom. The van der Waals surface area contributed by atoms with Crippen LogP contribution in [0.3, 0.4) is 0 Å². The average molecular weight is 282 g/mol. The summed E-state index contributed by atoms with van der Waals surface area (Å²) in [6.07, 6.45) is 0.639. The van der Waals surface area contributed by atoms with Crippen LogP contribution >= 0.6 is 11.3 Å². The highest BCUT2D eigenvalue weighted by Gasteiger charge is 2.18. The molecule has 0 atom stereocenters. The smallest absolute Gasteiger partial charge is 0.262 e. The molecule has 0 aliphatic rings. The number of aryl methyl sites for hydroxylation is 1. The van der Waals surface area contributed by atoms with Gasteiger partial charge < -0.3 is 5.73 Å². The lowest BCUT2D eigenvalue weighted by molar-refractivity contribution is 0.600. The van der Waals surface area contributed by atoms with Gasteiger partial charge in [0.15, 0.2) is 0 Å². The van der Waals surface area contributed by atoms with E-state index in [2.05, 4.69) is 4.72 Å². The average Bonchev–Trinajstić information content (AvgIpc) is 2.81. The number of rotatable bonds is 4. The topological polar surface area (TPSA) is 72.2 Å². The number of thiophene rings is 1. The zero-order chi connectivity index (χ0) is 13.2. The van der Waals surface area contributed by atoms with Crippen molar-refractivity contribution < 1.29 is 8.42 Å². The molecule has 0 aliphatic carbocycles. The Kier molecular flexibility index (Phi) is 3.58. The van der Waals surface area contributed by atoms with Crippen molar-refractivity contribution in [3.63, 3.8) is 0 Å². The van der Waals surface area contributed by atoms with E-state index < -0.39 is 10.0 Å². The molecule has 0 fully saturated rings. The number of benzene rings is 1. The van der Waals surface area contributed by atoms with E-state index in [1.165, 1.54) is 17.4 Å². The minimum absolute atomic E-state index is 0.246. The summed E-state index contributed by atoms with van der Waals surface area (Å²) in [5.74, 6) is 0. The lowest BCUT2D eigenvalue weighted by Gasteiger charge is -2.11. The first kappa shape index (κ1) is 12.9. The zero-order valence-corrected chi connectivity index (χ0v) is 11.5. The monoisotopic (exact) mass is 282 g/mol. The Morgan fingerprint density at radius 2 is 2.11 bits per heavy atom. The first-order valence-electron chi connectivity index (χ1n) is 5.46. The standard InChI is InChI=1S/C12H14N2O2S2/c1-2-9-3-4-10(13)7-12(9)18(15,16)14-11-5-6-17-8-11/h3-8,14H,2,13H2,1H3. The quantitative estimate of drug-likeness (QED) is 0.847. The number of hydrogen-bond donors (Lipinski definition) is 2. The van der Waals surface area contributed by atoms with Gasteiger partial charge in [-0.1, -0.05) is 13.0 Å². The van der Waals surface area contributed by atoms with Gasteiger partial charge in [-0.15, -0.1) is 0 Å².